The summed E-state index contributed by atoms with van der Waals surface area (Å²) in [6.45, 7) is 0.983. The maximum absolute atomic E-state index is 11.5. The second-order valence-electron chi connectivity index (χ2n) is 4.54. The first kappa shape index (κ1) is 14.8. The highest BCUT2D eigenvalue weighted by Gasteiger charge is 2.22. The fourth-order valence-electron chi connectivity index (χ4n) is 1.74. The van der Waals surface area contributed by atoms with E-state index in [4.69, 9.17) is 4.74 Å². The highest BCUT2D eigenvalue weighted by Crippen LogP contribution is 2.34. The van der Waals surface area contributed by atoms with Gasteiger partial charge in [-0.25, -0.2) is 0 Å². The van der Waals surface area contributed by atoms with Gasteiger partial charge >= 0.3 is 0 Å². The van der Waals surface area contributed by atoms with Gasteiger partial charge in [-0.1, -0.05) is 0 Å². The zero-order valence-corrected chi connectivity index (χ0v) is 13.8. The van der Waals surface area contributed by atoms with E-state index in [9.17, 15) is 4.79 Å². The molecule has 1 aliphatic carbocycles. The summed E-state index contributed by atoms with van der Waals surface area (Å²) in [6.07, 6.45) is 2.23. The second-order valence-corrected chi connectivity index (χ2v) is 6.25. The molecule has 0 spiro atoms. The van der Waals surface area contributed by atoms with Gasteiger partial charge in [-0.3, -0.25) is 4.79 Å². The van der Waals surface area contributed by atoms with Gasteiger partial charge in [-0.05, 0) is 62.4 Å². The number of methoxy groups -OCH3 is 1. The number of benzene rings is 1. The van der Waals surface area contributed by atoms with Gasteiger partial charge < -0.3 is 15.4 Å². The Labute approximate surface area is 129 Å². The molecule has 1 amide bonds. The lowest BCUT2D eigenvalue weighted by Crippen LogP contribution is -2.34. The lowest BCUT2D eigenvalue weighted by atomic mass is 10.2. The summed E-state index contributed by atoms with van der Waals surface area (Å²) in [5, 5.41) is 6.07. The zero-order valence-electron chi connectivity index (χ0n) is 10.6. The highest BCUT2D eigenvalue weighted by molar-refractivity contribution is 9.11. The van der Waals surface area contributed by atoms with E-state index < -0.39 is 0 Å². The van der Waals surface area contributed by atoms with Gasteiger partial charge in [-0.15, -0.1) is 0 Å². The molecule has 1 aromatic carbocycles. The van der Waals surface area contributed by atoms with Gasteiger partial charge in [0.05, 0.1) is 22.6 Å². The molecule has 19 heavy (non-hydrogen) atoms. The summed E-state index contributed by atoms with van der Waals surface area (Å²) in [5.41, 5.74) is 1.08. The Morgan fingerprint density at radius 3 is 2.53 bits per heavy atom. The summed E-state index contributed by atoms with van der Waals surface area (Å²) in [7, 11) is 1.63. The molecule has 2 N–H and O–H groups in total. The van der Waals surface area contributed by atoms with Crippen LogP contribution in [-0.4, -0.2) is 25.6 Å². The summed E-state index contributed by atoms with van der Waals surface area (Å²) >= 11 is 6.92. The van der Waals surface area contributed by atoms with E-state index in [0.29, 0.717) is 19.1 Å². The molecule has 104 valence electrons. The van der Waals surface area contributed by atoms with E-state index in [2.05, 4.69) is 42.5 Å². The third-order valence-electron chi connectivity index (χ3n) is 2.82. The van der Waals surface area contributed by atoms with Crippen LogP contribution in [0, 0.1) is 0 Å². The van der Waals surface area contributed by atoms with E-state index >= 15 is 0 Å². The summed E-state index contributed by atoms with van der Waals surface area (Å²) in [4.78, 5) is 11.5. The topological polar surface area (TPSA) is 50.4 Å². The van der Waals surface area contributed by atoms with Crippen molar-refractivity contribution in [3.63, 3.8) is 0 Å². The van der Waals surface area contributed by atoms with Gasteiger partial charge in [0.15, 0.2) is 0 Å². The first-order valence-corrected chi connectivity index (χ1v) is 7.70. The molecule has 0 saturated heterocycles. The average Bonchev–Trinajstić information content (AvgIpc) is 3.12. The van der Waals surface area contributed by atoms with Crippen LogP contribution in [0.15, 0.2) is 21.1 Å². The molecule has 2 rings (SSSR count). The molecule has 0 heterocycles. The molecule has 6 heteroatoms. The van der Waals surface area contributed by atoms with Crippen LogP contribution in [0.25, 0.3) is 0 Å². The number of nitrogens with one attached hydrogen (secondary N) is 2. The first-order chi connectivity index (χ1) is 9.10. The SMILES string of the molecule is COc1c(Br)cc(CNCC(=O)NC2CC2)cc1Br. The maximum Gasteiger partial charge on any atom is 0.234 e. The molecular formula is C13H16Br2N2O2. The van der Waals surface area contributed by atoms with Crippen molar-refractivity contribution in [1.29, 1.82) is 0 Å². The molecule has 1 fully saturated rings. The molecule has 0 radical (unpaired) electrons. The largest absolute Gasteiger partial charge is 0.494 e. The number of hydrogen-bond acceptors (Lipinski definition) is 3. The van der Waals surface area contributed by atoms with Crippen molar-refractivity contribution in [1.82, 2.24) is 10.6 Å². The maximum atomic E-state index is 11.5. The van der Waals surface area contributed by atoms with Crippen molar-refractivity contribution in [3.05, 3.63) is 26.6 Å². The van der Waals surface area contributed by atoms with Crippen molar-refractivity contribution in [2.45, 2.75) is 25.4 Å². The Morgan fingerprint density at radius 2 is 2.00 bits per heavy atom. The molecule has 0 bridgehead atoms. The normalized spacial score (nSPS) is 14.3. The summed E-state index contributed by atoms with van der Waals surface area (Å²) in [6, 6.07) is 4.38. The zero-order chi connectivity index (χ0) is 13.8. The minimum Gasteiger partial charge on any atom is -0.494 e. The number of hydrogen-bond donors (Lipinski definition) is 2. The molecular weight excluding hydrogens is 376 g/mol. The summed E-state index contributed by atoms with van der Waals surface area (Å²) in [5.74, 6) is 0.837. The number of carbonyl (C=O) groups excluding carboxylic acids is 1. The van der Waals surface area contributed by atoms with E-state index in [1.165, 1.54) is 0 Å². The monoisotopic (exact) mass is 390 g/mol. The Balaban J connectivity index is 1.83. The van der Waals surface area contributed by atoms with Gasteiger partial charge in [0.25, 0.3) is 0 Å². The van der Waals surface area contributed by atoms with Crippen LogP contribution in [0.1, 0.15) is 18.4 Å². The molecule has 4 nitrogen and oxygen atoms in total. The van der Waals surface area contributed by atoms with Crippen LogP contribution in [-0.2, 0) is 11.3 Å². The van der Waals surface area contributed by atoms with Crippen LogP contribution in [0.4, 0.5) is 0 Å². The minimum atomic E-state index is 0.0640. The third kappa shape index (κ3) is 4.47. The number of carbonyl (C=O) groups is 1. The first-order valence-electron chi connectivity index (χ1n) is 6.12. The molecule has 1 aliphatic rings. The van der Waals surface area contributed by atoms with Crippen LogP contribution in [0.5, 0.6) is 5.75 Å². The van der Waals surface area contributed by atoms with Crippen LogP contribution in [0.3, 0.4) is 0 Å². The predicted molar refractivity (Wildman–Crippen MR) is 81.3 cm³/mol. The van der Waals surface area contributed by atoms with Crippen molar-refractivity contribution in [2.75, 3.05) is 13.7 Å². The predicted octanol–water partition coefficient (Wildman–Crippen LogP) is 2.59. The number of amides is 1. The molecule has 0 unspecified atom stereocenters. The Morgan fingerprint density at radius 1 is 1.37 bits per heavy atom. The highest BCUT2D eigenvalue weighted by atomic mass is 79.9. The summed E-state index contributed by atoms with van der Waals surface area (Å²) < 4.78 is 7.03. The molecule has 0 atom stereocenters. The number of ether oxygens (including phenoxy) is 1. The van der Waals surface area contributed by atoms with Gasteiger partial charge in [0.1, 0.15) is 5.75 Å². The number of rotatable bonds is 6. The third-order valence-corrected chi connectivity index (χ3v) is 4.00. The smallest absolute Gasteiger partial charge is 0.234 e. The molecule has 1 aromatic rings. The van der Waals surface area contributed by atoms with Crippen LogP contribution < -0.4 is 15.4 Å². The second kappa shape index (κ2) is 6.72. The van der Waals surface area contributed by atoms with Gasteiger partial charge in [0.2, 0.25) is 5.91 Å². The number of halogens is 2. The standard InChI is InChI=1S/C13H16Br2N2O2/c1-19-13-10(14)4-8(5-11(13)15)6-16-7-12(18)17-9-2-3-9/h4-5,9,16H,2-3,6-7H2,1H3,(H,17,18). The van der Waals surface area contributed by atoms with Crippen molar-refractivity contribution in [3.8, 4) is 5.75 Å². The Kier molecular flexibility index (Phi) is 5.24. The van der Waals surface area contributed by atoms with Crippen molar-refractivity contribution in [2.24, 2.45) is 0 Å². The van der Waals surface area contributed by atoms with Crippen molar-refractivity contribution < 1.29 is 9.53 Å². The van der Waals surface area contributed by atoms with E-state index in [0.717, 1.165) is 33.1 Å². The van der Waals surface area contributed by atoms with E-state index in [1.807, 2.05) is 12.1 Å². The van der Waals surface area contributed by atoms with E-state index in [1.54, 1.807) is 7.11 Å². The molecule has 0 aromatic heterocycles. The van der Waals surface area contributed by atoms with E-state index in [-0.39, 0.29) is 5.91 Å². The molecule has 1 saturated carbocycles. The fourth-order valence-corrected chi connectivity index (χ4v) is 3.34. The average molecular weight is 392 g/mol. The lowest BCUT2D eigenvalue weighted by Gasteiger charge is -2.10. The van der Waals surface area contributed by atoms with Gasteiger partial charge in [-0.2, -0.15) is 0 Å². The lowest BCUT2D eigenvalue weighted by molar-refractivity contribution is -0.120. The fraction of sp³-hybridized carbons (Fsp3) is 0.462. The Hall–Kier alpha value is -0.590. The van der Waals surface area contributed by atoms with Crippen LogP contribution >= 0.6 is 31.9 Å². The Bertz CT molecular complexity index is 453. The van der Waals surface area contributed by atoms with Gasteiger partial charge in [0, 0.05) is 12.6 Å². The minimum absolute atomic E-state index is 0.0640. The van der Waals surface area contributed by atoms with Crippen LogP contribution in [0.2, 0.25) is 0 Å². The quantitative estimate of drug-likeness (QED) is 0.783. The molecule has 0 aliphatic heterocycles. The van der Waals surface area contributed by atoms with Crippen molar-refractivity contribution >= 4 is 37.8 Å².